The van der Waals surface area contributed by atoms with Crippen LogP contribution in [0.3, 0.4) is 0 Å². The van der Waals surface area contributed by atoms with Crippen molar-refractivity contribution in [2.75, 3.05) is 0 Å². The highest BCUT2D eigenvalue weighted by Crippen LogP contribution is 2.10. The average Bonchev–Trinajstić information content (AvgIpc) is 2.15. The maximum atomic E-state index is 11.4. The summed E-state index contributed by atoms with van der Waals surface area (Å²) in [6, 6.07) is 2.63. The molecule has 1 aromatic rings. The number of halogens is 2. The minimum Gasteiger partial charge on any atom is -0.173 e. The normalized spacial score (nSPS) is 9.11. The van der Waals surface area contributed by atoms with Gasteiger partial charge in [0.25, 0.3) is 6.08 Å². The van der Waals surface area contributed by atoms with Gasteiger partial charge in [0.05, 0.1) is 0 Å². The molecule has 1 radical (unpaired) electrons. The molecule has 9 heavy (non-hydrogen) atoms. The first kappa shape index (κ1) is 6.42. The summed E-state index contributed by atoms with van der Waals surface area (Å²) in [6.45, 7) is 0. The molecular weight excluding hydrogens is 142 g/mol. The zero-order chi connectivity index (χ0) is 6.69. The minimum atomic E-state index is -1.68. The summed E-state index contributed by atoms with van der Waals surface area (Å²) in [6.07, 6.45) is -0.888. The van der Waals surface area contributed by atoms with Gasteiger partial charge in [0.15, 0.2) is 0 Å². The third-order valence-electron chi connectivity index (χ3n) is 0.753. The third kappa shape index (κ3) is 1.93. The molecule has 0 amide bonds. The fraction of sp³-hybridized carbons (Fsp3) is 0. The minimum absolute atomic E-state index is 0.444. The molecule has 0 saturated heterocycles. The molecule has 0 fully saturated rings. The molecule has 47 valence electrons. The standard InChI is InChI=1S/C6H3F2S/c7-6(8)3-5-1-2-9-4-5/h2-4H. The molecule has 3 heteroatoms. The number of rotatable bonds is 1. The average molecular weight is 145 g/mol. The van der Waals surface area contributed by atoms with Crippen LogP contribution in [0, 0.1) is 6.07 Å². The van der Waals surface area contributed by atoms with E-state index in [1.807, 2.05) is 0 Å². The van der Waals surface area contributed by atoms with Crippen LogP contribution in [0.2, 0.25) is 0 Å². The van der Waals surface area contributed by atoms with Crippen LogP contribution >= 0.6 is 11.3 Å². The maximum absolute atomic E-state index is 11.4. The van der Waals surface area contributed by atoms with Gasteiger partial charge >= 0.3 is 0 Å². The fourth-order valence-electron chi connectivity index (χ4n) is 0.437. The van der Waals surface area contributed by atoms with Gasteiger partial charge < -0.3 is 0 Å². The topological polar surface area (TPSA) is 0 Å². The summed E-state index contributed by atoms with van der Waals surface area (Å²) in [4.78, 5) is 0. The van der Waals surface area contributed by atoms with E-state index in [2.05, 4.69) is 6.07 Å². The van der Waals surface area contributed by atoms with Gasteiger partial charge in [-0.05, 0) is 16.3 Å². The smallest absolute Gasteiger partial charge is 0.173 e. The van der Waals surface area contributed by atoms with E-state index in [0.717, 1.165) is 6.08 Å². The maximum Gasteiger partial charge on any atom is 0.270 e. The third-order valence-corrected chi connectivity index (χ3v) is 1.40. The first-order valence-corrected chi connectivity index (χ1v) is 3.20. The summed E-state index contributed by atoms with van der Waals surface area (Å²) in [5.74, 6) is 0. The molecule has 1 heterocycles. The van der Waals surface area contributed by atoms with Crippen molar-refractivity contribution in [1.29, 1.82) is 0 Å². The lowest BCUT2D eigenvalue weighted by molar-refractivity contribution is 0.429. The second kappa shape index (κ2) is 2.73. The van der Waals surface area contributed by atoms with Gasteiger partial charge in [-0.25, -0.2) is 0 Å². The van der Waals surface area contributed by atoms with Crippen molar-refractivity contribution in [3.63, 3.8) is 0 Å². The molecule has 0 aromatic carbocycles. The SMILES string of the molecule is FC(F)=Cc1[c]csc1. The number of thiophene rings is 1. The lowest BCUT2D eigenvalue weighted by Crippen LogP contribution is -1.60. The van der Waals surface area contributed by atoms with Gasteiger partial charge in [0.2, 0.25) is 0 Å². The van der Waals surface area contributed by atoms with Gasteiger partial charge in [-0.1, -0.05) is 0 Å². The van der Waals surface area contributed by atoms with E-state index in [-0.39, 0.29) is 0 Å². The predicted molar refractivity (Wildman–Crippen MR) is 33.3 cm³/mol. The van der Waals surface area contributed by atoms with E-state index in [9.17, 15) is 8.78 Å². The van der Waals surface area contributed by atoms with Gasteiger partial charge in [-0.3, -0.25) is 0 Å². The Balaban J connectivity index is 2.80. The van der Waals surface area contributed by atoms with Crippen LogP contribution < -0.4 is 0 Å². The first-order valence-electron chi connectivity index (χ1n) is 2.25. The molecule has 0 nitrogen and oxygen atoms in total. The van der Waals surface area contributed by atoms with Crippen molar-refractivity contribution in [1.82, 2.24) is 0 Å². The van der Waals surface area contributed by atoms with Crippen LogP contribution in [-0.2, 0) is 0 Å². The van der Waals surface area contributed by atoms with E-state index in [4.69, 9.17) is 0 Å². The van der Waals surface area contributed by atoms with Gasteiger partial charge in [-0.15, -0.1) is 0 Å². The van der Waals surface area contributed by atoms with E-state index in [1.165, 1.54) is 11.3 Å². The van der Waals surface area contributed by atoms with Crippen LogP contribution in [0.4, 0.5) is 8.78 Å². The monoisotopic (exact) mass is 145 g/mol. The van der Waals surface area contributed by atoms with Crippen molar-refractivity contribution >= 4 is 17.4 Å². The predicted octanol–water partition coefficient (Wildman–Crippen LogP) is 2.79. The lowest BCUT2D eigenvalue weighted by Gasteiger charge is -1.77. The fourth-order valence-corrected chi connectivity index (χ4v) is 0.992. The number of hydrogen-bond donors (Lipinski definition) is 0. The molecule has 0 bridgehead atoms. The van der Waals surface area contributed by atoms with E-state index in [1.54, 1.807) is 10.8 Å². The molecule has 0 aliphatic rings. The van der Waals surface area contributed by atoms with E-state index >= 15 is 0 Å². The van der Waals surface area contributed by atoms with Crippen molar-refractivity contribution in [2.45, 2.75) is 0 Å². The van der Waals surface area contributed by atoms with Crippen molar-refractivity contribution in [3.05, 3.63) is 28.5 Å². The van der Waals surface area contributed by atoms with Crippen LogP contribution in [0.1, 0.15) is 5.56 Å². The molecule has 0 N–H and O–H groups in total. The molecule has 0 atom stereocenters. The molecule has 0 spiro atoms. The lowest BCUT2D eigenvalue weighted by atomic mass is 10.3. The molecule has 1 rings (SSSR count). The van der Waals surface area contributed by atoms with Crippen molar-refractivity contribution in [3.8, 4) is 0 Å². The Morgan fingerprint density at radius 1 is 1.67 bits per heavy atom. The van der Waals surface area contributed by atoms with E-state index < -0.39 is 6.08 Å². The Morgan fingerprint density at radius 2 is 2.44 bits per heavy atom. The highest BCUT2D eigenvalue weighted by molar-refractivity contribution is 7.08. The zero-order valence-corrected chi connectivity index (χ0v) is 5.21. The molecule has 0 saturated carbocycles. The quantitative estimate of drug-likeness (QED) is 0.570. The Labute approximate surface area is 55.4 Å². The zero-order valence-electron chi connectivity index (χ0n) is 4.40. The highest BCUT2D eigenvalue weighted by atomic mass is 32.1. The van der Waals surface area contributed by atoms with Crippen molar-refractivity contribution in [2.24, 2.45) is 0 Å². The molecule has 0 aliphatic heterocycles. The van der Waals surface area contributed by atoms with Crippen LogP contribution in [0.15, 0.2) is 16.8 Å². The Bertz CT molecular complexity index is 197. The molecule has 1 aromatic heterocycles. The Hall–Kier alpha value is -0.700. The van der Waals surface area contributed by atoms with Gasteiger partial charge in [-0.2, -0.15) is 20.1 Å². The highest BCUT2D eigenvalue weighted by Gasteiger charge is 1.90. The summed E-state index contributed by atoms with van der Waals surface area (Å²) < 4.78 is 22.9. The van der Waals surface area contributed by atoms with Crippen LogP contribution in [0.25, 0.3) is 6.08 Å². The van der Waals surface area contributed by atoms with Crippen molar-refractivity contribution < 1.29 is 8.78 Å². The van der Waals surface area contributed by atoms with Crippen LogP contribution in [-0.4, -0.2) is 0 Å². The van der Waals surface area contributed by atoms with Gasteiger partial charge in [0, 0.05) is 12.1 Å². The second-order valence-electron chi connectivity index (χ2n) is 1.41. The summed E-state index contributed by atoms with van der Waals surface area (Å²) in [5, 5.41) is 3.24. The molecular formula is C6H3F2S. The summed E-state index contributed by atoms with van der Waals surface area (Å²) >= 11 is 1.35. The van der Waals surface area contributed by atoms with E-state index in [0.29, 0.717) is 5.56 Å². The molecule has 0 aliphatic carbocycles. The Morgan fingerprint density at radius 3 is 2.89 bits per heavy atom. The summed E-state index contributed by atoms with van der Waals surface area (Å²) in [5.41, 5.74) is 0.444. The number of hydrogen-bond acceptors (Lipinski definition) is 1. The largest absolute Gasteiger partial charge is 0.270 e. The summed E-state index contributed by atoms with van der Waals surface area (Å²) in [7, 11) is 0. The van der Waals surface area contributed by atoms with Crippen LogP contribution in [0.5, 0.6) is 0 Å². The second-order valence-corrected chi connectivity index (χ2v) is 2.15. The first-order chi connectivity index (χ1) is 4.29. The molecule has 0 unspecified atom stereocenters. The Kier molecular flexibility index (Phi) is 1.95. The van der Waals surface area contributed by atoms with Gasteiger partial charge in [0.1, 0.15) is 0 Å².